The van der Waals surface area contributed by atoms with Gasteiger partial charge in [0.15, 0.2) is 0 Å². The van der Waals surface area contributed by atoms with Crippen molar-refractivity contribution in [3.05, 3.63) is 56.5 Å². The summed E-state index contributed by atoms with van der Waals surface area (Å²) in [6.07, 6.45) is 0. The third kappa shape index (κ3) is 3.59. The summed E-state index contributed by atoms with van der Waals surface area (Å²) >= 11 is 9.13. The lowest BCUT2D eigenvalue weighted by Crippen LogP contribution is -2.15. The zero-order valence-electron chi connectivity index (χ0n) is 11.9. The first kappa shape index (κ1) is 16.3. The van der Waals surface area contributed by atoms with Crippen LogP contribution in [0.3, 0.4) is 0 Å². The van der Waals surface area contributed by atoms with Gasteiger partial charge in [-0.15, -0.1) is 0 Å². The molecule has 0 radical (unpaired) electrons. The molecule has 0 atom stereocenters. The van der Waals surface area contributed by atoms with E-state index < -0.39 is 10.0 Å². The van der Waals surface area contributed by atoms with E-state index in [1.807, 2.05) is 32.9 Å². The highest BCUT2D eigenvalue weighted by Crippen LogP contribution is 2.28. The highest BCUT2D eigenvalue weighted by molar-refractivity contribution is 9.10. The second-order valence-corrected chi connectivity index (χ2v) is 7.90. The monoisotopic (exact) mass is 387 g/mol. The molecule has 1 N–H and O–H groups in total. The number of hydrogen-bond donors (Lipinski definition) is 1. The summed E-state index contributed by atoms with van der Waals surface area (Å²) in [5, 5.41) is 0.469. The summed E-state index contributed by atoms with van der Waals surface area (Å²) in [5.74, 6) is 0. The van der Waals surface area contributed by atoms with E-state index in [0.29, 0.717) is 15.2 Å². The summed E-state index contributed by atoms with van der Waals surface area (Å²) in [7, 11) is -3.65. The van der Waals surface area contributed by atoms with E-state index >= 15 is 0 Å². The van der Waals surface area contributed by atoms with E-state index in [0.717, 1.165) is 16.7 Å². The number of rotatable bonds is 3. The van der Waals surface area contributed by atoms with Gasteiger partial charge in [-0.2, -0.15) is 0 Å². The van der Waals surface area contributed by atoms with Crippen LogP contribution in [-0.2, 0) is 10.0 Å². The Hall–Kier alpha value is -1.04. The lowest BCUT2D eigenvalue weighted by Gasteiger charge is -2.14. The van der Waals surface area contributed by atoms with Crippen molar-refractivity contribution in [3.8, 4) is 0 Å². The van der Waals surface area contributed by atoms with Gasteiger partial charge in [0, 0.05) is 4.47 Å². The Bertz CT molecular complexity index is 780. The van der Waals surface area contributed by atoms with Gasteiger partial charge in [-0.05, 0) is 66.0 Å². The Kier molecular flexibility index (Phi) is 4.66. The first-order chi connectivity index (χ1) is 9.70. The largest absolute Gasteiger partial charge is 0.279 e. The topological polar surface area (TPSA) is 46.2 Å². The predicted octanol–water partition coefficient (Wildman–Crippen LogP) is 4.83. The number of hydrogen-bond acceptors (Lipinski definition) is 2. The van der Waals surface area contributed by atoms with E-state index in [9.17, 15) is 8.42 Å². The van der Waals surface area contributed by atoms with Gasteiger partial charge in [0.25, 0.3) is 10.0 Å². The Morgan fingerprint density at radius 3 is 2.14 bits per heavy atom. The number of benzene rings is 2. The van der Waals surface area contributed by atoms with Crippen LogP contribution in [0.4, 0.5) is 5.69 Å². The second-order valence-electron chi connectivity index (χ2n) is 4.96. The zero-order chi connectivity index (χ0) is 15.8. The maximum absolute atomic E-state index is 12.5. The Morgan fingerprint density at radius 1 is 1.05 bits per heavy atom. The fourth-order valence-corrected chi connectivity index (χ4v) is 4.05. The van der Waals surface area contributed by atoms with E-state index in [1.165, 1.54) is 12.1 Å². The second kappa shape index (κ2) is 5.99. The summed E-state index contributed by atoms with van der Waals surface area (Å²) in [5.41, 5.74) is 3.50. The van der Waals surface area contributed by atoms with Crippen LogP contribution in [0.1, 0.15) is 16.7 Å². The number of sulfonamides is 1. The highest BCUT2D eigenvalue weighted by Gasteiger charge is 2.17. The molecular formula is C15H15BrClNO2S. The molecule has 0 amide bonds. The van der Waals surface area contributed by atoms with Crippen molar-refractivity contribution in [3.63, 3.8) is 0 Å². The average Bonchev–Trinajstić information content (AvgIpc) is 2.37. The Labute approximate surface area is 138 Å². The SMILES string of the molecule is Cc1cc(C)c(NS(=O)(=O)c2ccc(Cl)c(Br)c2)c(C)c1. The number of nitrogens with one attached hydrogen (secondary N) is 1. The van der Waals surface area contributed by atoms with Gasteiger partial charge < -0.3 is 0 Å². The summed E-state index contributed by atoms with van der Waals surface area (Å²) in [6, 6.07) is 8.41. The minimum absolute atomic E-state index is 0.165. The molecule has 0 saturated carbocycles. The smallest absolute Gasteiger partial charge is 0.261 e. The van der Waals surface area contributed by atoms with Crippen LogP contribution in [0, 0.1) is 20.8 Å². The molecule has 2 aromatic carbocycles. The van der Waals surface area contributed by atoms with Crippen LogP contribution in [0.25, 0.3) is 0 Å². The van der Waals surface area contributed by atoms with E-state index in [2.05, 4.69) is 20.7 Å². The summed E-state index contributed by atoms with van der Waals surface area (Å²) in [4.78, 5) is 0.165. The van der Waals surface area contributed by atoms with Crippen molar-refractivity contribution in [2.24, 2.45) is 0 Å². The maximum atomic E-state index is 12.5. The molecule has 0 saturated heterocycles. The van der Waals surface area contributed by atoms with Crippen LogP contribution < -0.4 is 4.72 Å². The van der Waals surface area contributed by atoms with E-state index in [-0.39, 0.29) is 4.90 Å². The van der Waals surface area contributed by atoms with Crippen molar-refractivity contribution >= 4 is 43.2 Å². The molecule has 112 valence electrons. The summed E-state index contributed by atoms with van der Waals surface area (Å²) < 4.78 is 28.2. The molecule has 0 aromatic heterocycles. The first-order valence-corrected chi connectivity index (χ1v) is 8.92. The van der Waals surface area contributed by atoms with Crippen molar-refractivity contribution in [2.45, 2.75) is 25.7 Å². The molecule has 0 heterocycles. The van der Waals surface area contributed by atoms with Crippen LogP contribution >= 0.6 is 27.5 Å². The van der Waals surface area contributed by atoms with Gasteiger partial charge in [-0.3, -0.25) is 4.72 Å². The van der Waals surface area contributed by atoms with E-state index in [1.54, 1.807) is 6.07 Å². The van der Waals surface area contributed by atoms with Gasteiger partial charge in [-0.25, -0.2) is 8.42 Å². The summed E-state index contributed by atoms with van der Waals surface area (Å²) in [6.45, 7) is 5.75. The molecule has 0 unspecified atom stereocenters. The van der Waals surface area contributed by atoms with Crippen molar-refractivity contribution in [1.82, 2.24) is 0 Å². The lowest BCUT2D eigenvalue weighted by atomic mass is 10.1. The van der Waals surface area contributed by atoms with Gasteiger partial charge in [0.1, 0.15) is 0 Å². The van der Waals surface area contributed by atoms with Crippen molar-refractivity contribution in [1.29, 1.82) is 0 Å². The predicted molar refractivity (Wildman–Crippen MR) is 90.6 cm³/mol. The number of aryl methyl sites for hydroxylation is 3. The van der Waals surface area contributed by atoms with Gasteiger partial charge in [-0.1, -0.05) is 29.3 Å². The normalized spacial score (nSPS) is 11.5. The van der Waals surface area contributed by atoms with Gasteiger partial charge in [0.2, 0.25) is 0 Å². The molecule has 21 heavy (non-hydrogen) atoms. The number of halogens is 2. The molecule has 0 aliphatic rings. The molecular weight excluding hydrogens is 374 g/mol. The minimum Gasteiger partial charge on any atom is -0.279 e. The number of anilines is 1. The van der Waals surface area contributed by atoms with Crippen LogP contribution in [0.2, 0.25) is 5.02 Å². The molecule has 0 aliphatic carbocycles. The molecule has 0 spiro atoms. The molecule has 0 bridgehead atoms. The molecule has 0 fully saturated rings. The highest BCUT2D eigenvalue weighted by atomic mass is 79.9. The maximum Gasteiger partial charge on any atom is 0.261 e. The third-order valence-corrected chi connectivity index (χ3v) is 5.68. The fourth-order valence-electron chi connectivity index (χ4n) is 2.18. The molecule has 3 nitrogen and oxygen atoms in total. The van der Waals surface area contributed by atoms with Gasteiger partial charge in [0.05, 0.1) is 15.6 Å². The quantitative estimate of drug-likeness (QED) is 0.818. The van der Waals surface area contributed by atoms with Crippen LogP contribution in [0.5, 0.6) is 0 Å². The van der Waals surface area contributed by atoms with E-state index in [4.69, 9.17) is 11.6 Å². The Morgan fingerprint density at radius 2 is 1.62 bits per heavy atom. The van der Waals surface area contributed by atoms with Crippen LogP contribution in [0.15, 0.2) is 39.7 Å². The molecule has 6 heteroatoms. The van der Waals surface area contributed by atoms with Crippen molar-refractivity contribution in [2.75, 3.05) is 4.72 Å². The standard InChI is InChI=1S/C15H15BrClNO2S/c1-9-6-10(2)15(11(3)7-9)18-21(19,20)12-4-5-14(17)13(16)8-12/h4-8,18H,1-3H3. The fraction of sp³-hybridized carbons (Fsp3) is 0.200. The molecule has 2 aromatic rings. The lowest BCUT2D eigenvalue weighted by molar-refractivity contribution is 0.601. The first-order valence-electron chi connectivity index (χ1n) is 6.26. The van der Waals surface area contributed by atoms with Crippen molar-refractivity contribution < 1.29 is 8.42 Å². The zero-order valence-corrected chi connectivity index (χ0v) is 15.0. The Balaban J connectivity index is 2.44. The minimum atomic E-state index is -3.65. The van der Waals surface area contributed by atoms with Crippen LogP contribution in [-0.4, -0.2) is 8.42 Å². The molecule has 2 rings (SSSR count). The van der Waals surface area contributed by atoms with Gasteiger partial charge >= 0.3 is 0 Å². The average molecular weight is 389 g/mol. The third-order valence-electron chi connectivity index (χ3n) is 3.11. The molecule has 0 aliphatic heterocycles.